The van der Waals surface area contributed by atoms with Crippen LogP contribution in [0.25, 0.3) is 0 Å². The summed E-state index contributed by atoms with van der Waals surface area (Å²) in [5.41, 5.74) is 0. The normalized spacial score (nSPS) is 17.9. The van der Waals surface area contributed by atoms with E-state index in [2.05, 4.69) is 17.0 Å². The van der Waals surface area contributed by atoms with E-state index in [-0.39, 0.29) is 0 Å². The zero-order valence-electron chi connectivity index (χ0n) is 6.36. The first-order chi connectivity index (χ1) is 4.99. The van der Waals surface area contributed by atoms with Gasteiger partial charge in [0.15, 0.2) is 0 Å². The van der Waals surface area contributed by atoms with Crippen LogP contribution < -0.4 is 0 Å². The lowest BCUT2D eigenvalue weighted by atomic mass is 10.3. The molecule has 0 aromatic carbocycles. The fourth-order valence-corrected chi connectivity index (χ4v) is 1.15. The van der Waals surface area contributed by atoms with Gasteiger partial charge in [0.2, 0.25) is 0 Å². The predicted octanol–water partition coefficient (Wildman–Crippen LogP) is 1.40. The van der Waals surface area contributed by atoms with Crippen molar-refractivity contribution in [1.29, 1.82) is 0 Å². The molecule has 0 radical (unpaired) electrons. The van der Waals surface area contributed by atoms with Gasteiger partial charge in [-0.05, 0) is 0 Å². The highest BCUT2D eigenvalue weighted by Crippen LogP contribution is 2.38. The monoisotopic (exact) mass is 174 g/mol. The first kappa shape index (κ1) is 10.4. The van der Waals surface area contributed by atoms with Gasteiger partial charge in [-0.2, -0.15) is 0 Å². The molecule has 0 aromatic rings. The molecule has 0 amide bonds. The zero-order valence-corrected chi connectivity index (χ0v) is 7.25. The average molecular weight is 174 g/mol. The van der Waals surface area contributed by atoms with Crippen LogP contribution in [0.5, 0.6) is 0 Å². The van der Waals surface area contributed by atoms with Crippen molar-refractivity contribution in [2.24, 2.45) is 0 Å². The van der Waals surface area contributed by atoms with Crippen LogP contribution in [-0.2, 0) is 9.09 Å². The van der Waals surface area contributed by atoms with Gasteiger partial charge in [-0.3, -0.25) is 9.09 Å². The number of rotatable bonds is 4. The van der Waals surface area contributed by atoms with Crippen molar-refractivity contribution >= 4 is 7.60 Å². The van der Waals surface area contributed by atoms with Crippen LogP contribution in [-0.4, -0.2) is 17.7 Å². The topological polar surface area (TPSA) is 46.5 Å². The highest BCUT2D eigenvalue weighted by Gasteiger charge is 2.15. The Hall–Kier alpha value is -0.550. The minimum absolute atomic E-state index is 0.384. The highest BCUT2D eigenvalue weighted by atomic mass is 31.2. The van der Waals surface area contributed by atoms with Gasteiger partial charge in [0.25, 0.3) is 0 Å². The van der Waals surface area contributed by atoms with E-state index in [4.69, 9.17) is 11.3 Å². The summed E-state index contributed by atoms with van der Waals surface area (Å²) < 4.78 is 15.3. The Labute approximate surface area is 66.6 Å². The summed E-state index contributed by atoms with van der Waals surface area (Å²) >= 11 is 0. The molecule has 0 heterocycles. The van der Waals surface area contributed by atoms with Crippen LogP contribution >= 0.6 is 7.60 Å². The summed E-state index contributed by atoms with van der Waals surface area (Å²) in [4.78, 5) is 8.75. The summed E-state index contributed by atoms with van der Waals surface area (Å²) in [5.74, 6) is 2.23. The number of hydrogen-bond donors (Lipinski definition) is 1. The lowest BCUT2D eigenvalue weighted by molar-refractivity contribution is 0.224. The Morgan fingerprint density at radius 1 is 2.00 bits per heavy atom. The Balaban J connectivity index is 4.01. The van der Waals surface area contributed by atoms with Gasteiger partial charge in [0.1, 0.15) is 6.10 Å². The zero-order chi connectivity index (χ0) is 8.91. The summed E-state index contributed by atoms with van der Waals surface area (Å²) in [6.45, 7) is 4.53. The minimum atomic E-state index is -3.46. The molecule has 0 aliphatic heterocycles. The Bertz CT molecular complexity index is 210. The second kappa shape index (κ2) is 4.35. The van der Waals surface area contributed by atoms with E-state index in [0.717, 1.165) is 6.66 Å². The summed E-state index contributed by atoms with van der Waals surface area (Å²) in [7, 11) is -3.46. The molecule has 0 fully saturated rings. The van der Waals surface area contributed by atoms with Gasteiger partial charge in [-0.15, -0.1) is 13.0 Å². The van der Waals surface area contributed by atoms with Gasteiger partial charge < -0.3 is 4.89 Å². The standard InChI is InChI=1S/C7H11O3P/c1-4-6-7(5-2)10-11(3,8)9/h2,4,7H,1,6H2,3H3,(H,8,9). The maximum atomic E-state index is 10.7. The third-order valence-corrected chi connectivity index (χ3v) is 1.54. The van der Waals surface area contributed by atoms with Crippen LogP contribution in [0.1, 0.15) is 6.42 Å². The maximum absolute atomic E-state index is 10.7. The molecule has 1 N–H and O–H groups in total. The third-order valence-electron chi connectivity index (χ3n) is 0.889. The molecule has 0 aliphatic carbocycles. The molecule has 2 unspecified atom stereocenters. The molecule has 0 aliphatic rings. The molecule has 62 valence electrons. The van der Waals surface area contributed by atoms with Crippen LogP contribution in [0.3, 0.4) is 0 Å². The van der Waals surface area contributed by atoms with Gasteiger partial charge in [0, 0.05) is 13.1 Å². The van der Waals surface area contributed by atoms with E-state index in [0.29, 0.717) is 6.42 Å². The Morgan fingerprint density at radius 3 is 2.82 bits per heavy atom. The quantitative estimate of drug-likeness (QED) is 0.398. The maximum Gasteiger partial charge on any atom is 0.326 e. The molecule has 0 spiro atoms. The largest absolute Gasteiger partial charge is 0.326 e. The molecular formula is C7H11O3P. The summed E-state index contributed by atoms with van der Waals surface area (Å²) in [6, 6.07) is 0. The second-order valence-electron chi connectivity index (χ2n) is 2.09. The van der Waals surface area contributed by atoms with Crippen molar-refractivity contribution in [2.75, 3.05) is 6.66 Å². The van der Waals surface area contributed by atoms with Gasteiger partial charge in [-0.25, -0.2) is 0 Å². The number of terminal acetylenes is 1. The van der Waals surface area contributed by atoms with Crippen LogP contribution in [0, 0.1) is 12.3 Å². The summed E-state index contributed by atoms with van der Waals surface area (Å²) in [6.07, 6.45) is 6.29. The SMILES string of the molecule is C#CC(CC=C)OP(C)(=O)O. The molecule has 11 heavy (non-hydrogen) atoms. The average Bonchev–Trinajstić information content (AvgIpc) is 1.84. The van der Waals surface area contributed by atoms with Crippen molar-refractivity contribution in [3.05, 3.63) is 12.7 Å². The van der Waals surface area contributed by atoms with Crippen molar-refractivity contribution in [3.63, 3.8) is 0 Å². The molecule has 0 saturated heterocycles. The molecule has 0 rings (SSSR count). The lowest BCUT2D eigenvalue weighted by Crippen LogP contribution is -2.06. The summed E-state index contributed by atoms with van der Waals surface area (Å²) in [5, 5.41) is 0. The van der Waals surface area contributed by atoms with Crippen molar-refractivity contribution in [2.45, 2.75) is 12.5 Å². The van der Waals surface area contributed by atoms with Crippen molar-refractivity contribution in [3.8, 4) is 12.3 Å². The van der Waals surface area contributed by atoms with Crippen molar-refractivity contribution < 1.29 is 14.0 Å². The molecular weight excluding hydrogens is 163 g/mol. The van der Waals surface area contributed by atoms with Gasteiger partial charge in [0.05, 0.1) is 0 Å². The van der Waals surface area contributed by atoms with E-state index in [1.165, 1.54) is 0 Å². The van der Waals surface area contributed by atoms with Gasteiger partial charge in [-0.1, -0.05) is 12.0 Å². The molecule has 3 nitrogen and oxygen atoms in total. The molecule has 4 heteroatoms. The predicted molar refractivity (Wildman–Crippen MR) is 44.3 cm³/mol. The van der Waals surface area contributed by atoms with Crippen LogP contribution in [0.4, 0.5) is 0 Å². The van der Waals surface area contributed by atoms with E-state index in [1.807, 2.05) is 0 Å². The van der Waals surface area contributed by atoms with Crippen molar-refractivity contribution in [1.82, 2.24) is 0 Å². The van der Waals surface area contributed by atoms with Crippen LogP contribution in [0.2, 0.25) is 0 Å². The third kappa shape index (κ3) is 5.87. The smallest absolute Gasteiger partial charge is 0.324 e. The fourth-order valence-electron chi connectivity index (χ4n) is 0.529. The first-order valence-corrected chi connectivity index (χ1v) is 5.07. The Morgan fingerprint density at radius 2 is 2.55 bits per heavy atom. The highest BCUT2D eigenvalue weighted by molar-refractivity contribution is 7.51. The van der Waals surface area contributed by atoms with E-state index in [9.17, 15) is 4.57 Å². The Kier molecular flexibility index (Phi) is 4.14. The minimum Gasteiger partial charge on any atom is -0.324 e. The lowest BCUT2D eigenvalue weighted by Gasteiger charge is -2.11. The number of hydrogen-bond acceptors (Lipinski definition) is 2. The molecule has 0 saturated carbocycles. The van der Waals surface area contributed by atoms with Crippen LogP contribution in [0.15, 0.2) is 12.7 Å². The molecule has 0 aromatic heterocycles. The van der Waals surface area contributed by atoms with E-state index < -0.39 is 13.7 Å². The first-order valence-electron chi connectivity index (χ1n) is 3.05. The molecule has 0 bridgehead atoms. The van der Waals surface area contributed by atoms with E-state index in [1.54, 1.807) is 6.08 Å². The molecule has 2 atom stereocenters. The van der Waals surface area contributed by atoms with Gasteiger partial charge >= 0.3 is 7.60 Å². The van der Waals surface area contributed by atoms with E-state index >= 15 is 0 Å². The second-order valence-corrected chi connectivity index (χ2v) is 3.90. The fraction of sp³-hybridized carbons (Fsp3) is 0.429.